The minimum Gasteiger partial charge on any atom is -0.494 e. The summed E-state index contributed by atoms with van der Waals surface area (Å²) in [6.45, 7) is 7.16. The molecule has 2 aromatic heterocycles. The lowest BCUT2D eigenvalue weighted by Crippen LogP contribution is -2.37. The number of aryl methyl sites for hydroxylation is 2. The van der Waals surface area contributed by atoms with E-state index in [1.54, 1.807) is 7.11 Å². The van der Waals surface area contributed by atoms with Gasteiger partial charge in [0.2, 0.25) is 5.95 Å². The number of anilines is 1. The largest absolute Gasteiger partial charge is 0.494 e. The molecule has 1 fully saturated rings. The molecule has 0 atom stereocenters. The number of hydrogen-bond donors (Lipinski definition) is 0. The Morgan fingerprint density at radius 2 is 1.89 bits per heavy atom. The Balaban J connectivity index is 1.88. The Morgan fingerprint density at radius 1 is 1.07 bits per heavy atom. The third-order valence-electron chi connectivity index (χ3n) is 4.88. The Kier molecular flexibility index (Phi) is 4.90. The molecule has 6 nitrogen and oxygen atoms in total. The summed E-state index contributed by atoms with van der Waals surface area (Å²) in [6, 6.07) is 10.2. The molecule has 1 saturated heterocycles. The first-order valence-electron chi connectivity index (χ1n) is 9.35. The lowest BCUT2D eigenvalue weighted by atomic mass is 10.0. The predicted octanol–water partition coefficient (Wildman–Crippen LogP) is 3.41. The number of ether oxygens (including phenoxy) is 2. The minimum atomic E-state index is 0.712. The smallest absolute Gasteiger partial charge is 0.226 e. The summed E-state index contributed by atoms with van der Waals surface area (Å²) in [4.78, 5) is 16.5. The number of rotatable bonds is 4. The molecule has 0 amide bonds. The van der Waals surface area contributed by atoms with Gasteiger partial charge in [0.1, 0.15) is 11.3 Å². The lowest BCUT2D eigenvalue weighted by molar-refractivity contribution is 0.122. The normalized spacial score (nSPS) is 14.6. The second kappa shape index (κ2) is 7.48. The molecule has 0 spiro atoms. The summed E-state index contributed by atoms with van der Waals surface area (Å²) in [6.07, 6.45) is 0.859. The number of benzene rings is 1. The van der Waals surface area contributed by atoms with E-state index in [2.05, 4.69) is 30.0 Å². The average Bonchev–Trinajstić information content (AvgIpc) is 2.73. The van der Waals surface area contributed by atoms with Gasteiger partial charge in [-0.2, -0.15) is 0 Å². The number of methoxy groups -OCH3 is 1. The van der Waals surface area contributed by atoms with E-state index < -0.39 is 0 Å². The van der Waals surface area contributed by atoms with Gasteiger partial charge >= 0.3 is 0 Å². The summed E-state index contributed by atoms with van der Waals surface area (Å²) in [5, 5.41) is 1.04. The van der Waals surface area contributed by atoms with E-state index in [9.17, 15) is 0 Å². The fourth-order valence-electron chi connectivity index (χ4n) is 3.39. The van der Waals surface area contributed by atoms with Crippen molar-refractivity contribution in [3.05, 3.63) is 41.7 Å². The number of morpholine rings is 1. The summed E-state index contributed by atoms with van der Waals surface area (Å²) in [5.41, 5.74) is 4.82. The quantitative estimate of drug-likeness (QED) is 0.707. The van der Waals surface area contributed by atoms with E-state index in [1.165, 1.54) is 0 Å². The molecule has 4 rings (SSSR count). The maximum Gasteiger partial charge on any atom is 0.226 e. The minimum absolute atomic E-state index is 0.712. The topological polar surface area (TPSA) is 60.4 Å². The van der Waals surface area contributed by atoms with Crippen LogP contribution < -0.4 is 9.64 Å². The molecule has 1 aromatic carbocycles. The van der Waals surface area contributed by atoms with Crippen molar-refractivity contribution in [3.63, 3.8) is 0 Å². The fourth-order valence-corrected chi connectivity index (χ4v) is 3.39. The van der Waals surface area contributed by atoms with Crippen LogP contribution >= 0.6 is 0 Å². The Hall–Kier alpha value is -2.73. The summed E-state index contributed by atoms with van der Waals surface area (Å²) in [5.74, 6) is 1.55. The van der Waals surface area contributed by atoms with Crippen molar-refractivity contribution in [1.29, 1.82) is 0 Å². The SMILES string of the molecule is CCc1cc(-c2ccc(OC)c3nc(C)ccc23)nc(N2CCOCC2)n1. The molecule has 1 aliphatic rings. The Bertz CT molecular complexity index is 968. The van der Waals surface area contributed by atoms with Crippen LogP contribution in [0.1, 0.15) is 18.3 Å². The van der Waals surface area contributed by atoms with Gasteiger partial charge in [-0.05, 0) is 37.6 Å². The standard InChI is InChI=1S/C21H24N4O2/c1-4-15-13-18(24-21(23-15)25-9-11-27-12-10-25)16-7-8-19(26-3)20-17(16)6-5-14(2)22-20/h5-8,13H,4,9-12H2,1-3H3. The maximum atomic E-state index is 5.52. The zero-order valence-electron chi connectivity index (χ0n) is 16.0. The summed E-state index contributed by atoms with van der Waals surface area (Å²) in [7, 11) is 1.68. The van der Waals surface area contributed by atoms with Crippen LogP contribution in [0.2, 0.25) is 0 Å². The molecular formula is C21H24N4O2. The van der Waals surface area contributed by atoms with Gasteiger partial charge in [0.15, 0.2) is 0 Å². The van der Waals surface area contributed by atoms with Crippen LogP contribution in [0.5, 0.6) is 5.75 Å². The van der Waals surface area contributed by atoms with Crippen molar-refractivity contribution in [2.24, 2.45) is 0 Å². The highest BCUT2D eigenvalue weighted by Crippen LogP contribution is 2.33. The van der Waals surface area contributed by atoms with Gasteiger partial charge in [0.05, 0.1) is 26.0 Å². The molecule has 3 aromatic rings. The summed E-state index contributed by atoms with van der Waals surface area (Å²) < 4.78 is 11.0. The number of nitrogens with zero attached hydrogens (tertiary/aromatic N) is 4. The van der Waals surface area contributed by atoms with Gasteiger partial charge in [-0.25, -0.2) is 15.0 Å². The van der Waals surface area contributed by atoms with Gasteiger partial charge in [0, 0.05) is 35.4 Å². The van der Waals surface area contributed by atoms with E-state index in [-0.39, 0.29) is 0 Å². The average molecular weight is 364 g/mol. The predicted molar refractivity (Wildman–Crippen MR) is 106 cm³/mol. The zero-order chi connectivity index (χ0) is 18.8. The van der Waals surface area contributed by atoms with Crippen LogP contribution in [0.25, 0.3) is 22.2 Å². The summed E-state index contributed by atoms with van der Waals surface area (Å²) >= 11 is 0. The van der Waals surface area contributed by atoms with E-state index >= 15 is 0 Å². The molecule has 0 radical (unpaired) electrons. The Labute approximate surface area is 159 Å². The molecule has 0 aliphatic carbocycles. The number of fused-ring (bicyclic) bond motifs is 1. The van der Waals surface area contributed by atoms with E-state index in [4.69, 9.17) is 24.4 Å². The molecular weight excluding hydrogens is 340 g/mol. The fraction of sp³-hybridized carbons (Fsp3) is 0.381. The van der Waals surface area contributed by atoms with E-state index in [0.717, 1.165) is 64.8 Å². The van der Waals surface area contributed by atoms with Crippen LogP contribution in [-0.2, 0) is 11.2 Å². The molecule has 0 saturated carbocycles. The molecule has 6 heteroatoms. The molecule has 0 bridgehead atoms. The number of aromatic nitrogens is 3. The van der Waals surface area contributed by atoms with Crippen LogP contribution in [-0.4, -0.2) is 48.4 Å². The van der Waals surface area contributed by atoms with Crippen molar-refractivity contribution in [3.8, 4) is 17.0 Å². The molecule has 3 heterocycles. The monoisotopic (exact) mass is 364 g/mol. The van der Waals surface area contributed by atoms with Crippen LogP contribution in [0, 0.1) is 6.92 Å². The van der Waals surface area contributed by atoms with Crippen LogP contribution in [0.4, 0.5) is 5.95 Å². The van der Waals surface area contributed by atoms with E-state index in [0.29, 0.717) is 13.2 Å². The molecule has 1 aliphatic heterocycles. The molecule has 27 heavy (non-hydrogen) atoms. The molecule has 0 N–H and O–H groups in total. The highest BCUT2D eigenvalue weighted by atomic mass is 16.5. The second-order valence-electron chi connectivity index (χ2n) is 6.66. The Morgan fingerprint density at radius 3 is 2.63 bits per heavy atom. The highest BCUT2D eigenvalue weighted by Gasteiger charge is 2.18. The first-order valence-corrected chi connectivity index (χ1v) is 9.35. The van der Waals surface area contributed by atoms with Gasteiger partial charge in [-0.15, -0.1) is 0 Å². The first kappa shape index (κ1) is 17.7. The number of pyridine rings is 1. The molecule has 140 valence electrons. The third-order valence-corrected chi connectivity index (χ3v) is 4.88. The lowest BCUT2D eigenvalue weighted by Gasteiger charge is -2.27. The maximum absolute atomic E-state index is 5.52. The first-order chi connectivity index (χ1) is 13.2. The third kappa shape index (κ3) is 3.45. The second-order valence-corrected chi connectivity index (χ2v) is 6.66. The van der Waals surface area contributed by atoms with Crippen molar-refractivity contribution in [2.75, 3.05) is 38.3 Å². The van der Waals surface area contributed by atoms with Crippen LogP contribution in [0.15, 0.2) is 30.3 Å². The molecule has 0 unspecified atom stereocenters. The van der Waals surface area contributed by atoms with Crippen molar-refractivity contribution in [2.45, 2.75) is 20.3 Å². The van der Waals surface area contributed by atoms with Gasteiger partial charge in [-0.3, -0.25) is 0 Å². The highest BCUT2D eigenvalue weighted by molar-refractivity contribution is 5.97. The van der Waals surface area contributed by atoms with Crippen molar-refractivity contribution < 1.29 is 9.47 Å². The van der Waals surface area contributed by atoms with E-state index in [1.807, 2.05) is 19.1 Å². The van der Waals surface area contributed by atoms with Crippen molar-refractivity contribution in [1.82, 2.24) is 15.0 Å². The number of hydrogen-bond acceptors (Lipinski definition) is 6. The van der Waals surface area contributed by atoms with Gasteiger partial charge in [0.25, 0.3) is 0 Å². The van der Waals surface area contributed by atoms with Gasteiger partial charge in [-0.1, -0.05) is 13.0 Å². The zero-order valence-corrected chi connectivity index (χ0v) is 16.0. The van der Waals surface area contributed by atoms with Crippen LogP contribution in [0.3, 0.4) is 0 Å². The van der Waals surface area contributed by atoms with Gasteiger partial charge < -0.3 is 14.4 Å². The van der Waals surface area contributed by atoms with Crippen molar-refractivity contribution >= 4 is 16.9 Å².